The number of hydrogen-bond acceptors (Lipinski definition) is 3. The van der Waals surface area contributed by atoms with Crippen molar-refractivity contribution in [3.05, 3.63) is 51.2 Å². The maximum atomic E-state index is 5.54. The van der Waals surface area contributed by atoms with Crippen LogP contribution in [0.5, 0.6) is 5.75 Å². The Balaban J connectivity index is 2.28. The summed E-state index contributed by atoms with van der Waals surface area (Å²) >= 11 is 1.89. The number of thiophene rings is 1. The smallest absolute Gasteiger partial charge is 0.119 e. The highest BCUT2D eigenvalue weighted by Crippen LogP contribution is 2.32. The minimum atomic E-state index is 0.277. The minimum absolute atomic E-state index is 0.277. The van der Waals surface area contributed by atoms with Gasteiger partial charge in [0.2, 0.25) is 0 Å². The molecule has 0 aliphatic heterocycles. The average molecular weight is 303 g/mol. The Hall–Kier alpha value is -1.32. The molecule has 0 aliphatic carbocycles. The van der Waals surface area contributed by atoms with Crippen LogP contribution in [-0.2, 0) is 0 Å². The highest BCUT2D eigenvalue weighted by atomic mass is 32.1. The van der Waals surface area contributed by atoms with E-state index in [2.05, 4.69) is 56.4 Å². The molecule has 0 saturated carbocycles. The SMILES string of the molecule is CCCNC(c1ccc(OCC)cc1)c1sc(C)cc1C. The van der Waals surface area contributed by atoms with Crippen LogP contribution in [0.1, 0.15) is 47.2 Å². The zero-order chi connectivity index (χ0) is 15.2. The maximum absolute atomic E-state index is 5.54. The molecule has 1 unspecified atom stereocenters. The van der Waals surface area contributed by atoms with Gasteiger partial charge >= 0.3 is 0 Å². The summed E-state index contributed by atoms with van der Waals surface area (Å²) in [5.41, 5.74) is 2.68. The zero-order valence-electron chi connectivity index (χ0n) is 13.4. The Morgan fingerprint density at radius 3 is 2.38 bits per heavy atom. The molecule has 2 aromatic rings. The van der Waals surface area contributed by atoms with E-state index in [-0.39, 0.29) is 6.04 Å². The first-order chi connectivity index (χ1) is 10.2. The molecule has 1 heterocycles. The van der Waals surface area contributed by atoms with E-state index in [0.29, 0.717) is 6.61 Å². The van der Waals surface area contributed by atoms with Gasteiger partial charge in [0.05, 0.1) is 12.6 Å². The van der Waals surface area contributed by atoms with Crippen LogP contribution in [0.25, 0.3) is 0 Å². The van der Waals surface area contributed by atoms with E-state index >= 15 is 0 Å². The van der Waals surface area contributed by atoms with E-state index in [1.54, 1.807) is 0 Å². The third-order valence-corrected chi connectivity index (χ3v) is 4.68. The average Bonchev–Trinajstić information content (AvgIpc) is 2.80. The van der Waals surface area contributed by atoms with Crippen molar-refractivity contribution in [3.8, 4) is 5.75 Å². The van der Waals surface area contributed by atoms with Crippen LogP contribution in [0.3, 0.4) is 0 Å². The van der Waals surface area contributed by atoms with Crippen molar-refractivity contribution < 1.29 is 4.74 Å². The van der Waals surface area contributed by atoms with Gasteiger partial charge in [0.25, 0.3) is 0 Å². The van der Waals surface area contributed by atoms with E-state index < -0.39 is 0 Å². The first kappa shape index (κ1) is 16.1. The van der Waals surface area contributed by atoms with Gasteiger partial charge in [-0.1, -0.05) is 19.1 Å². The van der Waals surface area contributed by atoms with Crippen molar-refractivity contribution >= 4 is 11.3 Å². The Labute approximate surface area is 132 Å². The normalized spacial score (nSPS) is 12.4. The largest absolute Gasteiger partial charge is 0.494 e. The van der Waals surface area contributed by atoms with Crippen LogP contribution in [-0.4, -0.2) is 13.2 Å². The summed E-state index contributed by atoms with van der Waals surface area (Å²) in [6.45, 7) is 10.3. The van der Waals surface area contributed by atoms with Crippen LogP contribution < -0.4 is 10.1 Å². The molecule has 1 aromatic carbocycles. The molecule has 0 saturated heterocycles. The molecule has 2 nitrogen and oxygen atoms in total. The van der Waals surface area contributed by atoms with Crippen LogP contribution >= 0.6 is 11.3 Å². The standard InChI is InChI=1S/C18H25NOS/c1-5-11-19-17(18-13(3)12-14(4)21-18)15-7-9-16(10-8-15)20-6-2/h7-10,12,17,19H,5-6,11H2,1-4H3. The van der Waals surface area contributed by atoms with E-state index in [0.717, 1.165) is 18.7 Å². The van der Waals surface area contributed by atoms with Gasteiger partial charge in [0, 0.05) is 9.75 Å². The maximum Gasteiger partial charge on any atom is 0.119 e. The number of nitrogens with one attached hydrogen (secondary N) is 1. The second-order valence-corrected chi connectivity index (χ2v) is 6.58. The second-order valence-electron chi connectivity index (χ2n) is 5.29. The van der Waals surface area contributed by atoms with Crippen LogP contribution in [0, 0.1) is 13.8 Å². The van der Waals surface area contributed by atoms with Crippen LogP contribution in [0.15, 0.2) is 30.3 Å². The molecular weight excluding hydrogens is 278 g/mol. The zero-order valence-corrected chi connectivity index (χ0v) is 14.2. The third-order valence-electron chi connectivity index (χ3n) is 3.46. The van der Waals surface area contributed by atoms with Gasteiger partial charge in [-0.3, -0.25) is 0 Å². The van der Waals surface area contributed by atoms with Crippen molar-refractivity contribution in [2.75, 3.05) is 13.2 Å². The topological polar surface area (TPSA) is 21.3 Å². The van der Waals surface area contributed by atoms with Crippen LogP contribution in [0.4, 0.5) is 0 Å². The molecule has 0 spiro atoms. The van der Waals surface area contributed by atoms with Crippen LogP contribution in [0.2, 0.25) is 0 Å². The predicted molar refractivity (Wildman–Crippen MR) is 91.5 cm³/mol. The molecule has 3 heteroatoms. The molecular formula is C18H25NOS. The van der Waals surface area contributed by atoms with Gasteiger partial charge < -0.3 is 10.1 Å². The molecule has 2 rings (SSSR count). The number of hydrogen-bond donors (Lipinski definition) is 1. The van der Waals surface area contributed by atoms with Gasteiger partial charge in [-0.2, -0.15) is 0 Å². The fourth-order valence-electron chi connectivity index (χ4n) is 2.52. The lowest BCUT2D eigenvalue weighted by molar-refractivity contribution is 0.340. The molecule has 1 atom stereocenters. The first-order valence-electron chi connectivity index (χ1n) is 7.68. The van der Waals surface area contributed by atoms with E-state index in [1.165, 1.54) is 20.9 Å². The fraction of sp³-hybridized carbons (Fsp3) is 0.444. The molecule has 1 aromatic heterocycles. The number of rotatable bonds is 7. The summed E-state index contributed by atoms with van der Waals surface area (Å²) in [5.74, 6) is 0.939. The van der Waals surface area contributed by atoms with Crippen molar-refractivity contribution in [2.24, 2.45) is 0 Å². The van der Waals surface area contributed by atoms with E-state index in [4.69, 9.17) is 4.74 Å². The van der Waals surface area contributed by atoms with Gasteiger partial charge in [-0.25, -0.2) is 0 Å². The lowest BCUT2D eigenvalue weighted by atomic mass is 10.0. The lowest BCUT2D eigenvalue weighted by Gasteiger charge is -2.19. The van der Waals surface area contributed by atoms with Crippen molar-refractivity contribution in [2.45, 2.75) is 40.2 Å². The van der Waals surface area contributed by atoms with Crippen molar-refractivity contribution in [1.29, 1.82) is 0 Å². The Morgan fingerprint density at radius 2 is 1.86 bits per heavy atom. The van der Waals surface area contributed by atoms with E-state index in [1.807, 2.05) is 18.3 Å². The summed E-state index contributed by atoms with van der Waals surface area (Å²) in [5, 5.41) is 3.68. The van der Waals surface area contributed by atoms with Gasteiger partial charge in [-0.05, 0) is 63.1 Å². The monoisotopic (exact) mass is 303 g/mol. The highest BCUT2D eigenvalue weighted by Gasteiger charge is 2.17. The summed E-state index contributed by atoms with van der Waals surface area (Å²) in [7, 11) is 0. The second kappa shape index (κ2) is 7.62. The molecule has 0 aliphatic rings. The molecule has 0 fully saturated rings. The Morgan fingerprint density at radius 1 is 1.14 bits per heavy atom. The minimum Gasteiger partial charge on any atom is -0.494 e. The molecule has 114 valence electrons. The predicted octanol–water partition coefficient (Wildman–Crippen LogP) is 4.85. The number of benzene rings is 1. The Bertz CT molecular complexity index is 559. The molecule has 1 N–H and O–H groups in total. The molecule has 0 radical (unpaired) electrons. The molecule has 0 amide bonds. The summed E-state index contributed by atoms with van der Waals surface area (Å²) in [6.07, 6.45) is 1.14. The summed E-state index contributed by atoms with van der Waals surface area (Å²) in [6, 6.07) is 11.0. The quantitative estimate of drug-likeness (QED) is 0.789. The van der Waals surface area contributed by atoms with Gasteiger partial charge in [-0.15, -0.1) is 11.3 Å². The number of aryl methyl sites for hydroxylation is 2. The fourth-order valence-corrected chi connectivity index (χ4v) is 3.66. The molecule has 0 bridgehead atoms. The van der Waals surface area contributed by atoms with Gasteiger partial charge in [0.15, 0.2) is 0 Å². The summed E-state index contributed by atoms with van der Waals surface area (Å²) in [4.78, 5) is 2.79. The number of ether oxygens (including phenoxy) is 1. The van der Waals surface area contributed by atoms with Crippen molar-refractivity contribution in [1.82, 2.24) is 5.32 Å². The van der Waals surface area contributed by atoms with E-state index in [9.17, 15) is 0 Å². The van der Waals surface area contributed by atoms with Crippen molar-refractivity contribution in [3.63, 3.8) is 0 Å². The molecule has 21 heavy (non-hydrogen) atoms. The lowest BCUT2D eigenvalue weighted by Crippen LogP contribution is -2.22. The van der Waals surface area contributed by atoms with Gasteiger partial charge in [0.1, 0.15) is 5.75 Å². The third kappa shape index (κ3) is 4.08. The first-order valence-corrected chi connectivity index (χ1v) is 8.50. The summed E-state index contributed by atoms with van der Waals surface area (Å²) < 4.78 is 5.54. The highest BCUT2D eigenvalue weighted by molar-refractivity contribution is 7.12. The Kier molecular flexibility index (Phi) is 5.83.